The van der Waals surface area contributed by atoms with Crippen LogP contribution in [0.3, 0.4) is 0 Å². The normalized spacial score (nSPS) is 13.5. The van der Waals surface area contributed by atoms with Gasteiger partial charge in [0, 0.05) is 18.0 Å². The minimum absolute atomic E-state index is 0.0289. The van der Waals surface area contributed by atoms with Crippen LogP contribution < -0.4 is 0 Å². The Balaban J connectivity index is 2.90. The SMILES string of the molecule is CC(C)(C)CC(C(=O)O)c1cncnc1. The molecule has 0 aliphatic carbocycles. The van der Waals surface area contributed by atoms with Gasteiger partial charge in [-0.15, -0.1) is 0 Å². The fourth-order valence-corrected chi connectivity index (χ4v) is 1.45. The van der Waals surface area contributed by atoms with E-state index < -0.39 is 11.9 Å². The molecule has 0 saturated heterocycles. The Bertz CT molecular complexity index is 330. The Kier molecular flexibility index (Phi) is 3.39. The highest BCUT2D eigenvalue weighted by molar-refractivity contribution is 5.75. The zero-order valence-electron chi connectivity index (χ0n) is 9.27. The van der Waals surface area contributed by atoms with Crippen molar-refractivity contribution in [3.63, 3.8) is 0 Å². The summed E-state index contributed by atoms with van der Waals surface area (Å²) in [6.07, 6.45) is 5.12. The first-order valence-corrected chi connectivity index (χ1v) is 4.88. The molecule has 0 aromatic carbocycles. The van der Waals surface area contributed by atoms with E-state index in [4.69, 9.17) is 5.11 Å². The van der Waals surface area contributed by atoms with Crippen molar-refractivity contribution in [3.05, 3.63) is 24.3 Å². The average molecular weight is 208 g/mol. The van der Waals surface area contributed by atoms with Crippen LogP contribution >= 0.6 is 0 Å². The van der Waals surface area contributed by atoms with E-state index in [0.29, 0.717) is 12.0 Å². The molecule has 1 atom stereocenters. The molecule has 4 nitrogen and oxygen atoms in total. The third kappa shape index (κ3) is 3.65. The van der Waals surface area contributed by atoms with Crippen LogP contribution in [0, 0.1) is 5.41 Å². The molecule has 1 aromatic heterocycles. The van der Waals surface area contributed by atoms with Gasteiger partial charge in [0.05, 0.1) is 5.92 Å². The van der Waals surface area contributed by atoms with Crippen molar-refractivity contribution in [2.75, 3.05) is 0 Å². The van der Waals surface area contributed by atoms with Crippen LogP contribution in [0.15, 0.2) is 18.7 Å². The Morgan fingerprint density at radius 1 is 1.40 bits per heavy atom. The van der Waals surface area contributed by atoms with Crippen LogP contribution in [-0.4, -0.2) is 21.0 Å². The standard InChI is InChI=1S/C11H16N2O2/c1-11(2,3)4-9(10(14)15)8-5-12-7-13-6-8/h5-7,9H,4H2,1-3H3,(H,14,15). The van der Waals surface area contributed by atoms with E-state index in [1.807, 2.05) is 20.8 Å². The third-order valence-corrected chi connectivity index (χ3v) is 2.10. The third-order valence-electron chi connectivity index (χ3n) is 2.10. The number of rotatable bonds is 3. The van der Waals surface area contributed by atoms with Crippen molar-refractivity contribution in [3.8, 4) is 0 Å². The molecule has 82 valence electrons. The van der Waals surface area contributed by atoms with Gasteiger partial charge in [-0.2, -0.15) is 0 Å². The average Bonchev–Trinajstić information content (AvgIpc) is 2.14. The molecule has 4 heteroatoms. The number of carboxylic acids is 1. The number of aromatic nitrogens is 2. The van der Waals surface area contributed by atoms with Gasteiger partial charge in [0.2, 0.25) is 0 Å². The van der Waals surface area contributed by atoms with E-state index in [1.165, 1.54) is 6.33 Å². The Morgan fingerprint density at radius 3 is 2.33 bits per heavy atom. The molecule has 15 heavy (non-hydrogen) atoms. The predicted molar refractivity (Wildman–Crippen MR) is 56.5 cm³/mol. The molecule has 0 saturated carbocycles. The summed E-state index contributed by atoms with van der Waals surface area (Å²) in [5.41, 5.74) is 0.638. The van der Waals surface area contributed by atoms with Gasteiger partial charge in [-0.1, -0.05) is 20.8 Å². The molecule has 0 amide bonds. The maximum atomic E-state index is 11.1. The largest absolute Gasteiger partial charge is 0.481 e. The van der Waals surface area contributed by atoms with Crippen LogP contribution in [0.25, 0.3) is 0 Å². The highest BCUT2D eigenvalue weighted by Crippen LogP contribution is 2.30. The highest BCUT2D eigenvalue weighted by Gasteiger charge is 2.26. The summed E-state index contributed by atoms with van der Waals surface area (Å²) in [5.74, 6) is -1.34. The van der Waals surface area contributed by atoms with E-state index in [-0.39, 0.29) is 5.41 Å². The summed E-state index contributed by atoms with van der Waals surface area (Å²) in [4.78, 5) is 18.8. The first kappa shape index (κ1) is 11.6. The molecule has 0 spiro atoms. The molecule has 1 heterocycles. The lowest BCUT2D eigenvalue weighted by molar-refractivity contribution is -0.139. The molecular weight excluding hydrogens is 192 g/mol. The fourth-order valence-electron chi connectivity index (χ4n) is 1.45. The fraction of sp³-hybridized carbons (Fsp3) is 0.545. The maximum Gasteiger partial charge on any atom is 0.311 e. The van der Waals surface area contributed by atoms with Gasteiger partial charge in [-0.3, -0.25) is 4.79 Å². The molecular formula is C11H16N2O2. The van der Waals surface area contributed by atoms with Crippen molar-refractivity contribution < 1.29 is 9.90 Å². The number of carbonyl (C=O) groups is 1. The molecule has 0 radical (unpaired) electrons. The lowest BCUT2D eigenvalue weighted by Gasteiger charge is -2.22. The molecule has 0 aliphatic rings. The number of aliphatic carboxylic acids is 1. The van der Waals surface area contributed by atoms with Gasteiger partial charge >= 0.3 is 5.97 Å². The second kappa shape index (κ2) is 4.38. The predicted octanol–water partition coefficient (Wildman–Crippen LogP) is 2.08. The molecule has 0 bridgehead atoms. The van der Waals surface area contributed by atoms with Gasteiger partial charge < -0.3 is 5.11 Å². The van der Waals surface area contributed by atoms with Crippen molar-refractivity contribution in [2.24, 2.45) is 5.41 Å². The highest BCUT2D eigenvalue weighted by atomic mass is 16.4. The van der Waals surface area contributed by atoms with Crippen LogP contribution in [0.1, 0.15) is 38.7 Å². The summed E-state index contributed by atoms with van der Waals surface area (Å²) < 4.78 is 0. The summed E-state index contributed by atoms with van der Waals surface area (Å²) in [6, 6.07) is 0. The molecule has 0 aliphatic heterocycles. The van der Waals surface area contributed by atoms with Crippen LogP contribution in [0.2, 0.25) is 0 Å². The summed E-state index contributed by atoms with van der Waals surface area (Å²) in [6.45, 7) is 6.06. The lowest BCUT2D eigenvalue weighted by atomic mass is 9.82. The minimum Gasteiger partial charge on any atom is -0.481 e. The minimum atomic E-state index is -0.820. The monoisotopic (exact) mass is 208 g/mol. The molecule has 1 aromatic rings. The van der Waals surface area contributed by atoms with Crippen LogP contribution in [0.4, 0.5) is 0 Å². The van der Waals surface area contributed by atoms with Crippen LogP contribution in [0.5, 0.6) is 0 Å². The number of hydrogen-bond donors (Lipinski definition) is 1. The topological polar surface area (TPSA) is 63.1 Å². The zero-order chi connectivity index (χ0) is 11.5. The van der Waals surface area contributed by atoms with E-state index in [9.17, 15) is 4.79 Å². The zero-order valence-corrected chi connectivity index (χ0v) is 9.27. The lowest BCUT2D eigenvalue weighted by Crippen LogP contribution is -2.19. The van der Waals surface area contributed by atoms with Crippen molar-refractivity contribution in [1.82, 2.24) is 9.97 Å². The quantitative estimate of drug-likeness (QED) is 0.826. The van der Waals surface area contributed by atoms with Gasteiger partial charge in [0.15, 0.2) is 0 Å². The van der Waals surface area contributed by atoms with E-state index in [2.05, 4.69) is 9.97 Å². The second-order valence-electron chi connectivity index (χ2n) is 4.83. The van der Waals surface area contributed by atoms with Crippen molar-refractivity contribution >= 4 is 5.97 Å². The molecule has 1 rings (SSSR count). The first-order valence-electron chi connectivity index (χ1n) is 4.88. The van der Waals surface area contributed by atoms with Gasteiger partial charge in [-0.25, -0.2) is 9.97 Å². The van der Waals surface area contributed by atoms with Gasteiger partial charge in [0.25, 0.3) is 0 Å². The number of carboxylic acid groups (broad SMARTS) is 1. The Morgan fingerprint density at radius 2 is 1.93 bits per heavy atom. The van der Waals surface area contributed by atoms with E-state index in [1.54, 1.807) is 12.4 Å². The van der Waals surface area contributed by atoms with Gasteiger partial charge in [-0.05, 0) is 11.8 Å². The van der Waals surface area contributed by atoms with E-state index >= 15 is 0 Å². The summed E-state index contributed by atoms with van der Waals surface area (Å²) in [5, 5.41) is 9.13. The first-order chi connectivity index (χ1) is 6.90. The molecule has 1 unspecified atom stereocenters. The van der Waals surface area contributed by atoms with Gasteiger partial charge in [0.1, 0.15) is 6.33 Å². The smallest absolute Gasteiger partial charge is 0.311 e. The summed E-state index contributed by atoms with van der Waals surface area (Å²) in [7, 11) is 0. The summed E-state index contributed by atoms with van der Waals surface area (Å²) >= 11 is 0. The van der Waals surface area contributed by atoms with Crippen molar-refractivity contribution in [1.29, 1.82) is 0 Å². The van der Waals surface area contributed by atoms with Crippen LogP contribution in [-0.2, 0) is 4.79 Å². The Hall–Kier alpha value is -1.45. The second-order valence-corrected chi connectivity index (χ2v) is 4.83. The van der Waals surface area contributed by atoms with E-state index in [0.717, 1.165) is 0 Å². The number of hydrogen-bond acceptors (Lipinski definition) is 3. The molecule has 1 N–H and O–H groups in total. The maximum absolute atomic E-state index is 11.1. The van der Waals surface area contributed by atoms with Crippen molar-refractivity contribution in [2.45, 2.75) is 33.1 Å². The molecule has 0 fully saturated rings. The number of nitrogens with zero attached hydrogens (tertiary/aromatic N) is 2. The Labute approximate surface area is 89.4 Å².